The fourth-order valence-electron chi connectivity index (χ4n) is 2.09. The van der Waals surface area contributed by atoms with Gasteiger partial charge in [-0.2, -0.15) is 0 Å². The molecule has 0 aliphatic carbocycles. The predicted molar refractivity (Wildman–Crippen MR) is 80.6 cm³/mol. The molecule has 108 valence electrons. The van der Waals surface area contributed by atoms with Crippen LogP contribution in [0.25, 0.3) is 0 Å². The van der Waals surface area contributed by atoms with Gasteiger partial charge in [-0.25, -0.2) is 0 Å². The highest BCUT2D eigenvalue weighted by Gasteiger charge is 2.04. The van der Waals surface area contributed by atoms with Gasteiger partial charge in [0.05, 0.1) is 12.7 Å². The van der Waals surface area contributed by atoms with Crippen LogP contribution < -0.4 is 4.74 Å². The van der Waals surface area contributed by atoms with Crippen molar-refractivity contribution >= 4 is 0 Å². The molecular weight excluding hydrogens is 236 g/mol. The van der Waals surface area contributed by atoms with Crippen LogP contribution in [0.1, 0.15) is 70.5 Å². The molecule has 0 aliphatic rings. The number of rotatable bonds is 10. The minimum atomic E-state index is -0.354. The number of hydrogen-bond donors (Lipinski definition) is 1. The third-order valence-corrected chi connectivity index (χ3v) is 3.42. The van der Waals surface area contributed by atoms with E-state index < -0.39 is 0 Å². The van der Waals surface area contributed by atoms with Crippen molar-refractivity contribution < 1.29 is 9.84 Å². The van der Waals surface area contributed by atoms with Crippen molar-refractivity contribution in [3.05, 3.63) is 29.8 Å². The zero-order valence-electron chi connectivity index (χ0n) is 12.4. The van der Waals surface area contributed by atoms with Crippen molar-refractivity contribution in [1.29, 1.82) is 0 Å². The van der Waals surface area contributed by atoms with E-state index in [9.17, 15) is 5.11 Å². The van der Waals surface area contributed by atoms with E-state index in [1.165, 1.54) is 32.1 Å². The molecule has 0 unspecified atom stereocenters. The molecule has 2 nitrogen and oxygen atoms in total. The molecule has 2 heteroatoms. The van der Waals surface area contributed by atoms with E-state index in [-0.39, 0.29) is 6.10 Å². The van der Waals surface area contributed by atoms with Crippen LogP contribution in [0.4, 0.5) is 0 Å². The summed E-state index contributed by atoms with van der Waals surface area (Å²) in [5.41, 5.74) is 0.967. The summed E-state index contributed by atoms with van der Waals surface area (Å²) < 4.78 is 5.70. The van der Waals surface area contributed by atoms with Gasteiger partial charge in [-0.1, -0.05) is 58.1 Å². The Balaban J connectivity index is 2.16. The van der Waals surface area contributed by atoms with Crippen molar-refractivity contribution in [2.75, 3.05) is 6.61 Å². The zero-order valence-corrected chi connectivity index (χ0v) is 12.4. The Morgan fingerprint density at radius 1 is 0.947 bits per heavy atom. The fourth-order valence-corrected chi connectivity index (χ4v) is 2.09. The van der Waals surface area contributed by atoms with Crippen LogP contribution in [0, 0.1) is 0 Å². The van der Waals surface area contributed by atoms with Crippen molar-refractivity contribution in [2.45, 2.75) is 64.9 Å². The summed E-state index contributed by atoms with van der Waals surface area (Å²) in [7, 11) is 0. The van der Waals surface area contributed by atoms with Gasteiger partial charge in [0.1, 0.15) is 5.75 Å². The summed E-state index contributed by atoms with van der Waals surface area (Å²) >= 11 is 0. The normalized spacial score (nSPS) is 12.4. The molecule has 1 aromatic rings. The number of hydrogen-bond acceptors (Lipinski definition) is 2. The minimum absolute atomic E-state index is 0.354. The Morgan fingerprint density at radius 2 is 1.58 bits per heavy atom. The van der Waals surface area contributed by atoms with E-state index in [4.69, 9.17) is 4.74 Å². The average Bonchev–Trinajstić information content (AvgIpc) is 2.46. The highest BCUT2D eigenvalue weighted by Crippen LogP contribution is 2.20. The van der Waals surface area contributed by atoms with Crippen molar-refractivity contribution in [2.24, 2.45) is 0 Å². The molecule has 0 bridgehead atoms. The number of unbranched alkanes of at least 4 members (excludes halogenated alkanes) is 5. The van der Waals surface area contributed by atoms with E-state index in [1.807, 2.05) is 31.2 Å². The SMILES string of the molecule is CCCCCCCCOc1ccc([C@H](O)CC)cc1. The van der Waals surface area contributed by atoms with E-state index in [2.05, 4.69) is 6.92 Å². The van der Waals surface area contributed by atoms with Gasteiger partial charge in [-0.3, -0.25) is 0 Å². The van der Waals surface area contributed by atoms with E-state index in [0.29, 0.717) is 0 Å². The van der Waals surface area contributed by atoms with Gasteiger partial charge < -0.3 is 9.84 Å². The van der Waals surface area contributed by atoms with Crippen molar-refractivity contribution in [1.82, 2.24) is 0 Å². The van der Waals surface area contributed by atoms with E-state index >= 15 is 0 Å². The lowest BCUT2D eigenvalue weighted by molar-refractivity contribution is 0.173. The first-order valence-corrected chi connectivity index (χ1v) is 7.68. The van der Waals surface area contributed by atoms with E-state index in [1.54, 1.807) is 0 Å². The first kappa shape index (κ1) is 16.0. The van der Waals surface area contributed by atoms with Crippen LogP contribution in [-0.2, 0) is 0 Å². The monoisotopic (exact) mass is 264 g/mol. The van der Waals surface area contributed by atoms with Gasteiger partial charge in [-0.15, -0.1) is 0 Å². The Morgan fingerprint density at radius 3 is 2.21 bits per heavy atom. The molecule has 1 atom stereocenters. The number of aliphatic hydroxyl groups is 1. The van der Waals surface area contributed by atoms with Gasteiger partial charge in [0.25, 0.3) is 0 Å². The van der Waals surface area contributed by atoms with Crippen LogP contribution >= 0.6 is 0 Å². The van der Waals surface area contributed by atoms with Gasteiger partial charge in [-0.05, 0) is 30.5 Å². The molecule has 0 saturated carbocycles. The highest BCUT2D eigenvalue weighted by atomic mass is 16.5. The van der Waals surface area contributed by atoms with Crippen LogP contribution in [0.2, 0.25) is 0 Å². The lowest BCUT2D eigenvalue weighted by Gasteiger charge is -2.10. The lowest BCUT2D eigenvalue weighted by Crippen LogP contribution is -1.99. The van der Waals surface area contributed by atoms with Crippen LogP contribution in [0.15, 0.2) is 24.3 Å². The molecule has 0 saturated heterocycles. The second-order valence-electron chi connectivity index (χ2n) is 5.11. The second kappa shape index (κ2) is 9.85. The quantitative estimate of drug-likeness (QED) is 0.611. The largest absolute Gasteiger partial charge is 0.494 e. The second-order valence-corrected chi connectivity index (χ2v) is 5.11. The molecule has 0 radical (unpaired) electrons. The molecule has 0 spiro atoms. The molecule has 1 N–H and O–H groups in total. The lowest BCUT2D eigenvalue weighted by atomic mass is 10.1. The summed E-state index contributed by atoms with van der Waals surface area (Å²) in [6.07, 6.45) is 8.09. The van der Waals surface area contributed by atoms with Gasteiger partial charge >= 0.3 is 0 Å². The highest BCUT2D eigenvalue weighted by molar-refractivity contribution is 5.28. The third-order valence-electron chi connectivity index (χ3n) is 3.42. The summed E-state index contributed by atoms with van der Waals surface area (Å²) in [6, 6.07) is 7.80. The van der Waals surface area contributed by atoms with Gasteiger partial charge in [0.15, 0.2) is 0 Å². The maximum Gasteiger partial charge on any atom is 0.119 e. The van der Waals surface area contributed by atoms with Crippen LogP contribution in [0.5, 0.6) is 5.75 Å². The molecule has 0 heterocycles. The summed E-state index contributed by atoms with van der Waals surface area (Å²) in [5.74, 6) is 0.903. The first-order chi connectivity index (χ1) is 9.27. The van der Waals surface area contributed by atoms with Crippen LogP contribution in [-0.4, -0.2) is 11.7 Å². The van der Waals surface area contributed by atoms with Gasteiger partial charge in [0.2, 0.25) is 0 Å². The molecule has 19 heavy (non-hydrogen) atoms. The molecular formula is C17H28O2. The van der Waals surface area contributed by atoms with Gasteiger partial charge in [0, 0.05) is 0 Å². The maximum absolute atomic E-state index is 9.70. The number of ether oxygens (including phenoxy) is 1. The number of aliphatic hydroxyl groups excluding tert-OH is 1. The van der Waals surface area contributed by atoms with Crippen molar-refractivity contribution in [3.63, 3.8) is 0 Å². The Kier molecular flexibility index (Phi) is 8.31. The standard InChI is InChI=1S/C17H28O2/c1-3-5-6-7-8-9-14-19-16-12-10-15(11-13-16)17(18)4-2/h10-13,17-18H,3-9,14H2,1-2H3/t17-/m1/s1. The number of benzene rings is 1. The van der Waals surface area contributed by atoms with E-state index in [0.717, 1.165) is 30.8 Å². The van der Waals surface area contributed by atoms with Crippen LogP contribution in [0.3, 0.4) is 0 Å². The summed E-state index contributed by atoms with van der Waals surface area (Å²) in [6.45, 7) is 5.01. The summed E-state index contributed by atoms with van der Waals surface area (Å²) in [5, 5.41) is 9.70. The Labute approximate surface area is 117 Å². The smallest absolute Gasteiger partial charge is 0.119 e. The molecule has 1 aromatic carbocycles. The molecule has 0 fully saturated rings. The Hall–Kier alpha value is -1.02. The molecule has 0 aliphatic heterocycles. The average molecular weight is 264 g/mol. The maximum atomic E-state index is 9.70. The molecule has 0 amide bonds. The first-order valence-electron chi connectivity index (χ1n) is 7.68. The predicted octanol–water partition coefficient (Wildman–Crippen LogP) is 4.87. The summed E-state index contributed by atoms with van der Waals surface area (Å²) in [4.78, 5) is 0. The fraction of sp³-hybridized carbons (Fsp3) is 0.647. The zero-order chi connectivity index (χ0) is 13.9. The topological polar surface area (TPSA) is 29.5 Å². The third kappa shape index (κ3) is 6.63. The van der Waals surface area contributed by atoms with Crippen molar-refractivity contribution in [3.8, 4) is 5.75 Å². The molecule has 0 aromatic heterocycles. The molecule has 1 rings (SSSR count). The minimum Gasteiger partial charge on any atom is -0.494 e. The Bertz CT molecular complexity index is 319.